The van der Waals surface area contributed by atoms with Crippen molar-refractivity contribution in [3.63, 3.8) is 0 Å². The Hall–Kier alpha value is -1.44. The lowest BCUT2D eigenvalue weighted by molar-refractivity contribution is -0.128. The summed E-state index contributed by atoms with van der Waals surface area (Å²) in [6.45, 7) is 3.79. The van der Waals surface area contributed by atoms with Crippen LogP contribution in [0.15, 0.2) is 24.3 Å². The highest BCUT2D eigenvalue weighted by molar-refractivity contribution is 7.87. The number of carbonyl (C=O) groups excluding carboxylic acids is 1. The lowest BCUT2D eigenvalue weighted by Gasteiger charge is -2.15. The molecule has 1 fully saturated rings. The number of rotatable bonds is 7. The molecular weight excluding hydrogens is 290 g/mol. The van der Waals surface area contributed by atoms with Crippen LogP contribution in [0.25, 0.3) is 0 Å². The van der Waals surface area contributed by atoms with Crippen LogP contribution in [-0.2, 0) is 28.1 Å². The summed E-state index contributed by atoms with van der Waals surface area (Å²) >= 11 is 0. The minimum atomic E-state index is -3.42. The Morgan fingerprint density at radius 1 is 1.14 bits per heavy atom. The molecule has 1 saturated heterocycles. The predicted molar refractivity (Wildman–Crippen MR) is 80.5 cm³/mol. The van der Waals surface area contributed by atoms with Crippen LogP contribution in [0.3, 0.4) is 0 Å². The molecule has 0 spiro atoms. The summed E-state index contributed by atoms with van der Waals surface area (Å²) in [5.41, 5.74) is 1.94. The van der Waals surface area contributed by atoms with Crippen molar-refractivity contribution in [2.24, 2.45) is 0 Å². The van der Waals surface area contributed by atoms with E-state index in [0.717, 1.165) is 24.1 Å². The molecule has 6 nitrogen and oxygen atoms in total. The maximum absolute atomic E-state index is 11.6. The first-order chi connectivity index (χ1) is 10.00. The largest absolute Gasteiger partial charge is 0.338 e. The highest BCUT2D eigenvalue weighted by Crippen LogP contribution is 2.14. The normalized spacial score (nSPS) is 15.7. The van der Waals surface area contributed by atoms with Crippen LogP contribution in [0.2, 0.25) is 0 Å². The zero-order valence-corrected chi connectivity index (χ0v) is 12.9. The number of hydrogen-bond acceptors (Lipinski definition) is 3. The van der Waals surface area contributed by atoms with E-state index >= 15 is 0 Å². The van der Waals surface area contributed by atoms with Gasteiger partial charge in [0.05, 0.1) is 0 Å². The third-order valence-electron chi connectivity index (χ3n) is 3.37. The fourth-order valence-electron chi connectivity index (χ4n) is 2.27. The molecule has 0 radical (unpaired) electrons. The second-order valence-corrected chi connectivity index (χ2v) is 6.64. The molecule has 1 aliphatic rings. The first-order valence-corrected chi connectivity index (χ1v) is 8.58. The van der Waals surface area contributed by atoms with Crippen molar-refractivity contribution < 1.29 is 13.2 Å². The van der Waals surface area contributed by atoms with E-state index in [4.69, 9.17) is 0 Å². The highest BCUT2D eigenvalue weighted by Gasteiger charge is 2.19. The Morgan fingerprint density at radius 2 is 1.81 bits per heavy atom. The standard InChI is InChI=1S/C14H21N3O3S/c1-2-15-21(19,20)16-10-12-5-7-13(8-6-12)11-17-9-3-4-14(17)18/h5-8,15-16H,2-4,9-11H2,1H3. The molecule has 1 amide bonds. The summed E-state index contributed by atoms with van der Waals surface area (Å²) in [5.74, 6) is 0.206. The highest BCUT2D eigenvalue weighted by atomic mass is 32.2. The van der Waals surface area contributed by atoms with E-state index in [0.29, 0.717) is 19.5 Å². The van der Waals surface area contributed by atoms with Crippen LogP contribution >= 0.6 is 0 Å². The average molecular weight is 311 g/mol. The summed E-state index contributed by atoms with van der Waals surface area (Å²) in [4.78, 5) is 13.4. The average Bonchev–Trinajstić information content (AvgIpc) is 2.84. The van der Waals surface area contributed by atoms with Crippen LogP contribution in [0.4, 0.5) is 0 Å². The molecule has 0 atom stereocenters. The Bertz CT molecular complexity index is 584. The van der Waals surface area contributed by atoms with Gasteiger partial charge in [-0.05, 0) is 17.5 Å². The Kier molecular flexibility index (Phi) is 5.33. The number of nitrogens with zero attached hydrogens (tertiary/aromatic N) is 1. The van der Waals surface area contributed by atoms with Gasteiger partial charge in [-0.15, -0.1) is 0 Å². The Balaban J connectivity index is 1.88. The van der Waals surface area contributed by atoms with E-state index < -0.39 is 10.2 Å². The quantitative estimate of drug-likeness (QED) is 0.780. The minimum absolute atomic E-state index is 0.206. The smallest absolute Gasteiger partial charge is 0.277 e. The van der Waals surface area contributed by atoms with E-state index in [1.807, 2.05) is 29.2 Å². The van der Waals surface area contributed by atoms with E-state index in [1.54, 1.807) is 6.92 Å². The van der Waals surface area contributed by atoms with E-state index in [2.05, 4.69) is 9.44 Å². The zero-order valence-electron chi connectivity index (χ0n) is 12.1. The van der Waals surface area contributed by atoms with Gasteiger partial charge in [0.1, 0.15) is 0 Å². The molecular formula is C14H21N3O3S. The molecule has 0 aromatic heterocycles. The van der Waals surface area contributed by atoms with Gasteiger partial charge in [-0.25, -0.2) is 4.72 Å². The second-order valence-electron chi connectivity index (χ2n) is 5.06. The number of carbonyl (C=O) groups is 1. The van der Waals surface area contributed by atoms with Crippen LogP contribution in [-0.4, -0.2) is 32.3 Å². The molecule has 2 rings (SSSR count). The predicted octanol–water partition coefficient (Wildman–Crippen LogP) is 0.753. The fraction of sp³-hybridized carbons (Fsp3) is 0.500. The molecule has 21 heavy (non-hydrogen) atoms. The van der Waals surface area contributed by atoms with Gasteiger partial charge >= 0.3 is 0 Å². The molecule has 1 heterocycles. The van der Waals surface area contributed by atoms with Crippen molar-refractivity contribution in [3.05, 3.63) is 35.4 Å². The number of benzene rings is 1. The van der Waals surface area contributed by atoms with Crippen LogP contribution in [0.5, 0.6) is 0 Å². The van der Waals surface area contributed by atoms with Gasteiger partial charge in [-0.2, -0.15) is 13.1 Å². The molecule has 1 aromatic rings. The van der Waals surface area contributed by atoms with E-state index in [9.17, 15) is 13.2 Å². The summed E-state index contributed by atoms with van der Waals surface area (Å²) < 4.78 is 27.8. The van der Waals surface area contributed by atoms with Crippen molar-refractivity contribution in [1.29, 1.82) is 0 Å². The molecule has 0 unspecified atom stereocenters. The third-order valence-corrected chi connectivity index (χ3v) is 4.56. The molecule has 7 heteroatoms. The minimum Gasteiger partial charge on any atom is -0.338 e. The Labute approximate surface area is 125 Å². The molecule has 1 aliphatic heterocycles. The molecule has 0 aliphatic carbocycles. The zero-order chi connectivity index (χ0) is 15.3. The molecule has 116 valence electrons. The number of likely N-dealkylation sites (tertiary alicyclic amines) is 1. The fourth-order valence-corrected chi connectivity index (χ4v) is 3.11. The van der Waals surface area contributed by atoms with Crippen molar-refractivity contribution in [1.82, 2.24) is 14.3 Å². The van der Waals surface area contributed by atoms with Gasteiger partial charge in [0, 0.05) is 32.6 Å². The maximum atomic E-state index is 11.6. The molecule has 0 bridgehead atoms. The monoisotopic (exact) mass is 311 g/mol. The van der Waals surface area contributed by atoms with Crippen molar-refractivity contribution in [3.8, 4) is 0 Å². The summed E-state index contributed by atoms with van der Waals surface area (Å²) in [6, 6.07) is 7.62. The third kappa shape index (κ3) is 4.80. The van der Waals surface area contributed by atoms with E-state index in [-0.39, 0.29) is 12.5 Å². The number of amides is 1. The van der Waals surface area contributed by atoms with Gasteiger partial charge in [-0.1, -0.05) is 31.2 Å². The van der Waals surface area contributed by atoms with Gasteiger partial charge in [0.25, 0.3) is 10.2 Å². The van der Waals surface area contributed by atoms with Crippen LogP contribution in [0, 0.1) is 0 Å². The first-order valence-electron chi connectivity index (χ1n) is 7.10. The molecule has 2 N–H and O–H groups in total. The Morgan fingerprint density at radius 3 is 2.38 bits per heavy atom. The lowest BCUT2D eigenvalue weighted by Crippen LogP contribution is -2.35. The van der Waals surface area contributed by atoms with Gasteiger partial charge in [-0.3, -0.25) is 4.79 Å². The van der Waals surface area contributed by atoms with E-state index in [1.165, 1.54) is 0 Å². The topological polar surface area (TPSA) is 78.5 Å². The van der Waals surface area contributed by atoms with Crippen molar-refractivity contribution >= 4 is 16.1 Å². The SMILES string of the molecule is CCNS(=O)(=O)NCc1ccc(CN2CCCC2=O)cc1. The summed E-state index contributed by atoms with van der Waals surface area (Å²) in [5, 5.41) is 0. The van der Waals surface area contributed by atoms with Crippen LogP contribution in [0.1, 0.15) is 30.9 Å². The summed E-state index contributed by atoms with van der Waals surface area (Å²) in [7, 11) is -3.42. The summed E-state index contributed by atoms with van der Waals surface area (Å²) in [6.07, 6.45) is 1.58. The second kappa shape index (κ2) is 7.02. The number of hydrogen-bond donors (Lipinski definition) is 2. The molecule has 1 aromatic carbocycles. The first kappa shape index (κ1) is 15.9. The number of nitrogens with one attached hydrogen (secondary N) is 2. The maximum Gasteiger partial charge on any atom is 0.277 e. The van der Waals surface area contributed by atoms with Gasteiger partial charge < -0.3 is 4.90 Å². The van der Waals surface area contributed by atoms with Crippen LogP contribution < -0.4 is 9.44 Å². The van der Waals surface area contributed by atoms with Crippen molar-refractivity contribution in [2.75, 3.05) is 13.1 Å². The van der Waals surface area contributed by atoms with Gasteiger partial charge in [0.15, 0.2) is 0 Å². The lowest BCUT2D eigenvalue weighted by atomic mass is 10.1. The molecule has 0 saturated carbocycles. The van der Waals surface area contributed by atoms with Crippen molar-refractivity contribution in [2.45, 2.75) is 32.9 Å². The van der Waals surface area contributed by atoms with Gasteiger partial charge in [0.2, 0.25) is 5.91 Å².